The number of nitrogens with zero attached hydrogens (tertiary/aromatic N) is 1. The lowest BCUT2D eigenvalue weighted by molar-refractivity contribution is 0.185. The van der Waals surface area contributed by atoms with Crippen molar-refractivity contribution < 1.29 is 5.11 Å². The van der Waals surface area contributed by atoms with Crippen LogP contribution in [0.1, 0.15) is 22.8 Å². The first-order chi connectivity index (χ1) is 9.06. The average molecular weight is 255 g/mol. The molecule has 0 radical (unpaired) electrons. The Kier molecular flexibility index (Phi) is 4.23. The molecular weight excluding hydrogens is 234 g/mol. The molecule has 0 spiro atoms. The number of hydrogen-bond donors (Lipinski definition) is 1. The quantitative estimate of drug-likeness (QED) is 0.904. The molecule has 0 aromatic heterocycles. The van der Waals surface area contributed by atoms with Crippen molar-refractivity contribution in [1.29, 1.82) is 0 Å². The summed E-state index contributed by atoms with van der Waals surface area (Å²) in [7, 11) is 2.01. The number of benzene rings is 2. The topological polar surface area (TPSA) is 23.5 Å². The van der Waals surface area contributed by atoms with Crippen molar-refractivity contribution in [2.45, 2.75) is 20.0 Å². The molecule has 2 aromatic carbocycles. The van der Waals surface area contributed by atoms with Gasteiger partial charge in [0.25, 0.3) is 0 Å². The fraction of sp³-hybridized carbons (Fsp3) is 0.294. The molecule has 0 aliphatic heterocycles. The maximum Gasteiger partial charge on any atom is 0.0964 e. The Morgan fingerprint density at radius 1 is 1.00 bits per heavy atom. The van der Waals surface area contributed by atoms with Gasteiger partial charge in [0.1, 0.15) is 0 Å². The minimum absolute atomic E-state index is 0.467. The summed E-state index contributed by atoms with van der Waals surface area (Å²) in [5, 5.41) is 10.3. The monoisotopic (exact) mass is 255 g/mol. The maximum atomic E-state index is 10.3. The van der Waals surface area contributed by atoms with Crippen molar-refractivity contribution in [2.24, 2.45) is 0 Å². The number of aliphatic hydroxyl groups is 1. The molecule has 0 aliphatic carbocycles. The first kappa shape index (κ1) is 13.6. The summed E-state index contributed by atoms with van der Waals surface area (Å²) in [6, 6.07) is 16.4. The van der Waals surface area contributed by atoms with Crippen molar-refractivity contribution in [3.05, 3.63) is 65.2 Å². The predicted octanol–water partition coefficient (Wildman–Crippen LogP) is 3.47. The summed E-state index contributed by atoms with van der Waals surface area (Å²) in [6.45, 7) is 4.72. The Bertz CT molecular complexity index is 533. The highest BCUT2D eigenvalue weighted by molar-refractivity contribution is 5.48. The van der Waals surface area contributed by atoms with Gasteiger partial charge in [-0.3, -0.25) is 0 Å². The molecule has 1 N–H and O–H groups in total. The van der Waals surface area contributed by atoms with Crippen molar-refractivity contribution >= 4 is 5.69 Å². The Morgan fingerprint density at radius 2 is 1.68 bits per heavy atom. The van der Waals surface area contributed by atoms with E-state index in [0.717, 1.165) is 11.3 Å². The smallest absolute Gasteiger partial charge is 0.0964 e. The summed E-state index contributed by atoms with van der Waals surface area (Å²) in [6.07, 6.45) is -0.467. The Morgan fingerprint density at radius 3 is 2.32 bits per heavy atom. The van der Waals surface area contributed by atoms with E-state index < -0.39 is 6.10 Å². The molecule has 2 heteroatoms. The molecule has 0 aliphatic rings. The molecule has 2 rings (SSSR count). The molecule has 1 unspecified atom stereocenters. The van der Waals surface area contributed by atoms with E-state index in [9.17, 15) is 5.11 Å². The Hall–Kier alpha value is -1.80. The van der Waals surface area contributed by atoms with Gasteiger partial charge in [-0.25, -0.2) is 0 Å². The van der Waals surface area contributed by atoms with Crippen LogP contribution in [0.3, 0.4) is 0 Å². The number of likely N-dealkylation sites (N-methyl/N-ethyl adjacent to an activating group) is 1. The van der Waals surface area contributed by atoms with Gasteiger partial charge in [-0.15, -0.1) is 0 Å². The van der Waals surface area contributed by atoms with E-state index in [1.807, 2.05) is 37.4 Å². The second-order valence-corrected chi connectivity index (χ2v) is 5.15. The number of aryl methyl sites for hydroxylation is 2. The van der Waals surface area contributed by atoms with Gasteiger partial charge >= 0.3 is 0 Å². The van der Waals surface area contributed by atoms with E-state index in [1.54, 1.807) is 0 Å². The number of aliphatic hydroxyl groups excluding tert-OH is 1. The van der Waals surface area contributed by atoms with E-state index >= 15 is 0 Å². The van der Waals surface area contributed by atoms with Gasteiger partial charge in [0, 0.05) is 19.3 Å². The molecule has 100 valence electrons. The molecule has 0 bridgehead atoms. The van der Waals surface area contributed by atoms with E-state index in [4.69, 9.17) is 0 Å². The predicted molar refractivity (Wildman–Crippen MR) is 80.6 cm³/mol. The summed E-state index contributed by atoms with van der Waals surface area (Å²) in [5.74, 6) is 0. The fourth-order valence-corrected chi connectivity index (χ4v) is 2.12. The van der Waals surface area contributed by atoms with Crippen LogP contribution < -0.4 is 4.90 Å². The normalized spacial score (nSPS) is 12.2. The number of anilines is 1. The molecule has 0 fully saturated rings. The molecule has 0 saturated carbocycles. The van der Waals surface area contributed by atoms with Gasteiger partial charge in [-0.05, 0) is 37.1 Å². The van der Waals surface area contributed by atoms with Crippen molar-refractivity contribution in [3.63, 3.8) is 0 Å². The molecule has 0 saturated heterocycles. The van der Waals surface area contributed by atoms with Gasteiger partial charge in [-0.2, -0.15) is 0 Å². The zero-order chi connectivity index (χ0) is 13.8. The third-order valence-electron chi connectivity index (χ3n) is 3.35. The number of hydrogen-bond acceptors (Lipinski definition) is 2. The lowest BCUT2D eigenvalue weighted by Gasteiger charge is -2.23. The van der Waals surface area contributed by atoms with Gasteiger partial charge in [0.2, 0.25) is 0 Å². The van der Waals surface area contributed by atoms with E-state index in [1.165, 1.54) is 11.1 Å². The summed E-state index contributed by atoms with van der Waals surface area (Å²) in [5.41, 5.74) is 4.54. The molecule has 2 aromatic rings. The van der Waals surface area contributed by atoms with Crippen LogP contribution in [-0.2, 0) is 0 Å². The second kappa shape index (κ2) is 5.89. The Balaban J connectivity index is 2.06. The van der Waals surface area contributed by atoms with Crippen LogP contribution in [0.15, 0.2) is 48.5 Å². The van der Waals surface area contributed by atoms with Crippen LogP contribution in [0.5, 0.6) is 0 Å². The third-order valence-corrected chi connectivity index (χ3v) is 3.35. The number of rotatable bonds is 4. The van der Waals surface area contributed by atoms with Crippen LogP contribution in [-0.4, -0.2) is 18.7 Å². The molecule has 0 amide bonds. The lowest BCUT2D eigenvalue weighted by atomic mass is 10.1. The van der Waals surface area contributed by atoms with Crippen molar-refractivity contribution in [2.75, 3.05) is 18.5 Å². The Labute approximate surface area is 115 Å². The first-order valence-electron chi connectivity index (χ1n) is 6.58. The minimum atomic E-state index is -0.467. The van der Waals surface area contributed by atoms with Gasteiger partial charge < -0.3 is 10.0 Å². The summed E-state index contributed by atoms with van der Waals surface area (Å²) >= 11 is 0. The zero-order valence-corrected chi connectivity index (χ0v) is 11.8. The standard InChI is InChI=1S/C17H21NO/c1-13-7-9-15(10-8-13)17(19)12-18(3)16-6-4-5-14(2)11-16/h4-11,17,19H,12H2,1-3H3. The van der Waals surface area contributed by atoms with E-state index in [-0.39, 0.29) is 0 Å². The van der Waals surface area contributed by atoms with E-state index in [0.29, 0.717) is 6.54 Å². The van der Waals surface area contributed by atoms with Crippen LogP contribution >= 0.6 is 0 Å². The molecule has 0 heterocycles. The van der Waals surface area contributed by atoms with Gasteiger partial charge in [-0.1, -0.05) is 42.0 Å². The van der Waals surface area contributed by atoms with Crippen LogP contribution in [0.4, 0.5) is 5.69 Å². The lowest BCUT2D eigenvalue weighted by Crippen LogP contribution is -2.24. The summed E-state index contributed by atoms with van der Waals surface area (Å²) < 4.78 is 0. The third kappa shape index (κ3) is 3.58. The van der Waals surface area contributed by atoms with Crippen molar-refractivity contribution in [1.82, 2.24) is 0 Å². The van der Waals surface area contributed by atoms with Crippen LogP contribution in [0.25, 0.3) is 0 Å². The minimum Gasteiger partial charge on any atom is -0.387 e. The van der Waals surface area contributed by atoms with Crippen LogP contribution in [0.2, 0.25) is 0 Å². The highest BCUT2D eigenvalue weighted by Gasteiger charge is 2.11. The molecule has 1 atom stereocenters. The SMILES string of the molecule is Cc1ccc(C(O)CN(C)c2cccc(C)c2)cc1. The van der Waals surface area contributed by atoms with E-state index in [2.05, 4.69) is 36.9 Å². The highest BCUT2D eigenvalue weighted by atomic mass is 16.3. The molecule has 19 heavy (non-hydrogen) atoms. The largest absolute Gasteiger partial charge is 0.387 e. The van der Waals surface area contributed by atoms with Gasteiger partial charge in [0.05, 0.1) is 6.10 Å². The second-order valence-electron chi connectivity index (χ2n) is 5.15. The zero-order valence-electron chi connectivity index (χ0n) is 11.8. The first-order valence-corrected chi connectivity index (χ1v) is 6.58. The molecular formula is C17H21NO. The summed E-state index contributed by atoms with van der Waals surface area (Å²) in [4.78, 5) is 2.08. The van der Waals surface area contributed by atoms with Gasteiger partial charge in [0.15, 0.2) is 0 Å². The van der Waals surface area contributed by atoms with Crippen molar-refractivity contribution in [3.8, 4) is 0 Å². The maximum absolute atomic E-state index is 10.3. The molecule has 2 nitrogen and oxygen atoms in total. The highest BCUT2D eigenvalue weighted by Crippen LogP contribution is 2.19. The fourth-order valence-electron chi connectivity index (χ4n) is 2.12. The average Bonchev–Trinajstić information content (AvgIpc) is 2.39. The van der Waals surface area contributed by atoms with Crippen LogP contribution in [0, 0.1) is 13.8 Å².